The number of rotatable bonds is 8. The number of fused-ring (bicyclic) bond motifs is 1. The number of halogens is 3. The van der Waals surface area contributed by atoms with Crippen LogP contribution in [0.3, 0.4) is 0 Å². The topological polar surface area (TPSA) is 70.1 Å². The Balaban J connectivity index is 1.78. The molecule has 0 aliphatic heterocycles. The van der Waals surface area contributed by atoms with E-state index in [-0.39, 0.29) is 23.1 Å². The number of hydrogen-bond acceptors (Lipinski definition) is 4. The van der Waals surface area contributed by atoms with E-state index >= 15 is 0 Å². The molecule has 0 saturated carbocycles. The second-order valence-corrected chi connectivity index (χ2v) is 6.82. The number of ether oxygens (including phenoxy) is 1. The quantitative estimate of drug-likeness (QED) is 0.560. The van der Waals surface area contributed by atoms with E-state index in [9.17, 15) is 18.0 Å². The number of alkyl halides is 2. The molecule has 29 heavy (non-hydrogen) atoms. The van der Waals surface area contributed by atoms with Gasteiger partial charge in [-0.2, -0.15) is 8.78 Å². The molecule has 0 spiro atoms. The third-order valence-corrected chi connectivity index (χ3v) is 4.76. The van der Waals surface area contributed by atoms with Crippen molar-refractivity contribution in [2.45, 2.75) is 39.3 Å². The lowest BCUT2D eigenvalue weighted by Gasteiger charge is -2.10. The number of anilines is 1. The number of pyridine rings is 2. The number of nitrogens with zero attached hydrogens (tertiary/aromatic N) is 2. The molecule has 0 aliphatic carbocycles. The Labute approximate surface area is 165 Å². The third-order valence-electron chi connectivity index (χ3n) is 4.76. The molecule has 0 bridgehead atoms. The van der Waals surface area contributed by atoms with Crippen molar-refractivity contribution in [2.75, 3.05) is 12.3 Å². The van der Waals surface area contributed by atoms with Gasteiger partial charge in [-0.15, -0.1) is 0 Å². The number of unbranched alkanes of at least 4 members (excludes halogenated alkanes) is 2. The van der Waals surface area contributed by atoms with E-state index in [1.165, 1.54) is 10.6 Å². The highest BCUT2D eigenvalue weighted by atomic mass is 19.3. The predicted octanol–water partition coefficient (Wildman–Crippen LogP) is 4.50. The Morgan fingerprint density at radius 3 is 2.69 bits per heavy atom. The van der Waals surface area contributed by atoms with E-state index in [1.807, 2.05) is 6.92 Å². The molecule has 3 rings (SSSR count). The van der Waals surface area contributed by atoms with Gasteiger partial charge in [0.1, 0.15) is 11.6 Å². The molecule has 0 amide bonds. The minimum atomic E-state index is -2.76. The zero-order valence-electron chi connectivity index (χ0n) is 16.0. The number of benzene rings is 1. The fourth-order valence-electron chi connectivity index (χ4n) is 3.11. The second-order valence-electron chi connectivity index (χ2n) is 6.82. The SMILES string of the molecule is Cc1ccc(-c2cc3ccn(CCCCCOC(F)F)c(=O)c3cc2F)nc1N. The Morgan fingerprint density at radius 1 is 1.17 bits per heavy atom. The Kier molecular flexibility index (Phi) is 6.53. The predicted molar refractivity (Wildman–Crippen MR) is 106 cm³/mol. The van der Waals surface area contributed by atoms with E-state index in [0.29, 0.717) is 42.7 Å². The van der Waals surface area contributed by atoms with Crippen molar-refractivity contribution in [2.24, 2.45) is 0 Å². The number of nitrogen functional groups attached to an aromatic ring is 1. The van der Waals surface area contributed by atoms with Crippen LogP contribution < -0.4 is 11.3 Å². The van der Waals surface area contributed by atoms with Gasteiger partial charge < -0.3 is 15.0 Å². The molecule has 0 aliphatic rings. The lowest BCUT2D eigenvalue weighted by molar-refractivity contribution is -0.129. The molecule has 0 fully saturated rings. The Hall–Kier alpha value is -2.87. The summed E-state index contributed by atoms with van der Waals surface area (Å²) in [7, 11) is 0. The standard InChI is InChI=1S/C21H22F3N3O2/c1-13-5-6-18(26-19(13)25)16-11-14-7-9-27(20(28)15(14)12-17(16)22)8-3-2-4-10-29-21(23)24/h5-7,9,11-12,21H,2-4,8,10H2,1H3,(H2,25,26). The van der Waals surface area contributed by atoms with E-state index in [4.69, 9.17) is 5.73 Å². The molecule has 0 saturated heterocycles. The van der Waals surface area contributed by atoms with Crippen LogP contribution in [0.5, 0.6) is 0 Å². The fraction of sp³-hybridized carbons (Fsp3) is 0.333. The summed E-state index contributed by atoms with van der Waals surface area (Å²) in [4.78, 5) is 16.9. The van der Waals surface area contributed by atoms with Crippen LogP contribution in [0.25, 0.3) is 22.0 Å². The lowest BCUT2D eigenvalue weighted by atomic mass is 10.0. The van der Waals surface area contributed by atoms with Crippen molar-refractivity contribution < 1.29 is 17.9 Å². The summed E-state index contributed by atoms with van der Waals surface area (Å²) in [6.45, 7) is -0.542. The maximum absolute atomic E-state index is 14.7. The minimum absolute atomic E-state index is 0.0180. The summed E-state index contributed by atoms with van der Waals surface area (Å²) >= 11 is 0. The van der Waals surface area contributed by atoms with Gasteiger partial charge >= 0.3 is 6.61 Å². The fourth-order valence-corrected chi connectivity index (χ4v) is 3.11. The van der Waals surface area contributed by atoms with Crippen molar-refractivity contribution in [3.8, 4) is 11.3 Å². The lowest BCUT2D eigenvalue weighted by Crippen LogP contribution is -2.19. The van der Waals surface area contributed by atoms with Crippen molar-refractivity contribution in [3.63, 3.8) is 0 Å². The normalized spacial score (nSPS) is 11.5. The van der Waals surface area contributed by atoms with Gasteiger partial charge in [-0.05, 0) is 61.4 Å². The van der Waals surface area contributed by atoms with Gasteiger partial charge in [0.05, 0.1) is 17.7 Å². The van der Waals surface area contributed by atoms with Gasteiger partial charge in [-0.1, -0.05) is 6.07 Å². The Bertz CT molecular complexity index is 1070. The van der Waals surface area contributed by atoms with E-state index in [0.717, 1.165) is 5.56 Å². The minimum Gasteiger partial charge on any atom is -0.383 e. The zero-order valence-corrected chi connectivity index (χ0v) is 16.0. The number of aromatic nitrogens is 2. The molecule has 5 nitrogen and oxygen atoms in total. The average molecular weight is 405 g/mol. The van der Waals surface area contributed by atoms with Crippen molar-refractivity contribution in [1.82, 2.24) is 9.55 Å². The smallest absolute Gasteiger partial charge is 0.345 e. The highest BCUT2D eigenvalue weighted by Crippen LogP contribution is 2.26. The van der Waals surface area contributed by atoms with Gasteiger partial charge in [0.25, 0.3) is 5.56 Å². The number of hydrogen-bond donors (Lipinski definition) is 1. The molecule has 0 radical (unpaired) electrons. The second kappa shape index (κ2) is 9.09. The first-order valence-corrected chi connectivity index (χ1v) is 9.33. The van der Waals surface area contributed by atoms with Gasteiger partial charge in [0.15, 0.2) is 0 Å². The van der Waals surface area contributed by atoms with Gasteiger partial charge in [0.2, 0.25) is 0 Å². The number of aryl methyl sites for hydroxylation is 2. The molecule has 2 heterocycles. The van der Waals surface area contributed by atoms with Crippen LogP contribution in [-0.4, -0.2) is 22.8 Å². The molecule has 0 atom stereocenters. The molecule has 1 aromatic carbocycles. The molecule has 8 heteroatoms. The van der Waals surface area contributed by atoms with Crippen LogP contribution in [0.2, 0.25) is 0 Å². The summed E-state index contributed by atoms with van der Waals surface area (Å²) < 4.78 is 44.2. The van der Waals surface area contributed by atoms with E-state index in [2.05, 4.69) is 9.72 Å². The van der Waals surface area contributed by atoms with Gasteiger partial charge in [0, 0.05) is 18.3 Å². The van der Waals surface area contributed by atoms with E-state index in [1.54, 1.807) is 30.5 Å². The van der Waals surface area contributed by atoms with Crippen LogP contribution >= 0.6 is 0 Å². The van der Waals surface area contributed by atoms with Crippen molar-refractivity contribution >= 4 is 16.6 Å². The summed E-state index contributed by atoms with van der Waals surface area (Å²) in [6, 6.07) is 8.02. The van der Waals surface area contributed by atoms with Gasteiger partial charge in [-0.3, -0.25) is 4.79 Å². The van der Waals surface area contributed by atoms with E-state index < -0.39 is 12.4 Å². The summed E-state index contributed by atoms with van der Waals surface area (Å²) in [5.41, 5.74) is 7.01. The monoisotopic (exact) mass is 405 g/mol. The van der Waals surface area contributed by atoms with Crippen LogP contribution in [0, 0.1) is 12.7 Å². The third kappa shape index (κ3) is 4.95. The maximum atomic E-state index is 14.7. The van der Waals surface area contributed by atoms with Crippen molar-refractivity contribution in [1.29, 1.82) is 0 Å². The molecule has 3 aromatic rings. The average Bonchev–Trinajstić information content (AvgIpc) is 2.68. The molecule has 154 valence electrons. The maximum Gasteiger partial charge on any atom is 0.345 e. The summed E-state index contributed by atoms with van der Waals surface area (Å²) in [6.07, 6.45) is 3.41. The number of nitrogens with two attached hydrogens (primary N) is 1. The zero-order chi connectivity index (χ0) is 21.0. The van der Waals surface area contributed by atoms with Crippen LogP contribution in [0.1, 0.15) is 24.8 Å². The van der Waals surface area contributed by atoms with Crippen LogP contribution in [0.4, 0.5) is 19.0 Å². The highest BCUT2D eigenvalue weighted by Gasteiger charge is 2.12. The summed E-state index contributed by atoms with van der Waals surface area (Å²) in [5.74, 6) is -0.219. The van der Waals surface area contributed by atoms with Crippen molar-refractivity contribution in [3.05, 3.63) is 58.3 Å². The first kappa shape index (κ1) is 20.9. The highest BCUT2D eigenvalue weighted by molar-refractivity contribution is 5.86. The molecule has 2 N–H and O–H groups in total. The molecule has 2 aromatic heterocycles. The Morgan fingerprint density at radius 2 is 1.97 bits per heavy atom. The van der Waals surface area contributed by atoms with Crippen LogP contribution in [-0.2, 0) is 11.3 Å². The first-order valence-electron chi connectivity index (χ1n) is 9.33. The van der Waals surface area contributed by atoms with Gasteiger partial charge in [-0.25, -0.2) is 9.37 Å². The molecule has 0 unspecified atom stereocenters. The molecular formula is C21H22F3N3O2. The largest absolute Gasteiger partial charge is 0.383 e. The molecular weight excluding hydrogens is 383 g/mol. The first-order chi connectivity index (χ1) is 13.9. The van der Waals surface area contributed by atoms with Crippen LogP contribution in [0.15, 0.2) is 41.3 Å². The summed E-state index contributed by atoms with van der Waals surface area (Å²) in [5, 5.41) is 0.879.